The minimum atomic E-state index is -0.330. The minimum absolute atomic E-state index is 0.224. The van der Waals surface area contributed by atoms with Gasteiger partial charge in [-0.1, -0.05) is 17.8 Å². The third-order valence-corrected chi connectivity index (χ3v) is 4.47. The lowest BCUT2D eigenvalue weighted by molar-refractivity contribution is -0.380. The second kappa shape index (κ2) is 6.26. The zero-order valence-electron chi connectivity index (χ0n) is 10.6. The Morgan fingerprint density at radius 1 is 1.56 bits per heavy atom. The van der Waals surface area contributed by atoms with Crippen LogP contribution in [0.1, 0.15) is 24.1 Å². The molecule has 1 fully saturated rings. The Bertz CT molecular complexity index is 408. The van der Waals surface area contributed by atoms with Crippen LogP contribution in [0, 0.1) is 10.1 Å². The van der Waals surface area contributed by atoms with Crippen molar-refractivity contribution in [1.82, 2.24) is 10.2 Å². The van der Waals surface area contributed by atoms with E-state index < -0.39 is 0 Å². The molecular formula is C12H19N3O2S. The van der Waals surface area contributed by atoms with E-state index >= 15 is 0 Å². The van der Waals surface area contributed by atoms with Crippen molar-refractivity contribution in [3.05, 3.63) is 27.1 Å². The number of likely N-dealkylation sites (tertiary alicyclic amines) is 1. The van der Waals surface area contributed by atoms with Crippen LogP contribution in [0.4, 0.5) is 5.00 Å². The van der Waals surface area contributed by atoms with E-state index in [4.69, 9.17) is 0 Å². The molecule has 0 aliphatic carbocycles. The summed E-state index contributed by atoms with van der Waals surface area (Å²) in [7, 11) is 2.17. The van der Waals surface area contributed by atoms with E-state index in [1.165, 1.54) is 37.1 Å². The van der Waals surface area contributed by atoms with E-state index in [1.807, 2.05) is 6.07 Å². The quantitative estimate of drug-likeness (QED) is 0.658. The summed E-state index contributed by atoms with van der Waals surface area (Å²) in [6, 6.07) is 4.02. The summed E-state index contributed by atoms with van der Waals surface area (Å²) in [6.45, 7) is 2.86. The van der Waals surface area contributed by atoms with Crippen molar-refractivity contribution >= 4 is 16.3 Å². The first-order valence-electron chi connectivity index (χ1n) is 6.31. The van der Waals surface area contributed by atoms with E-state index in [0.717, 1.165) is 18.0 Å². The molecule has 2 rings (SSSR count). The molecule has 1 unspecified atom stereocenters. The lowest BCUT2D eigenvalue weighted by Gasteiger charge is -2.32. The lowest BCUT2D eigenvalue weighted by atomic mass is 10.0. The molecule has 1 saturated heterocycles. The van der Waals surface area contributed by atoms with Crippen LogP contribution in [0.5, 0.6) is 0 Å². The number of hydrogen-bond acceptors (Lipinski definition) is 5. The molecule has 1 N–H and O–H groups in total. The summed E-state index contributed by atoms with van der Waals surface area (Å²) < 4.78 is 0. The number of rotatable bonds is 5. The first-order valence-corrected chi connectivity index (χ1v) is 7.12. The first kappa shape index (κ1) is 13.5. The van der Waals surface area contributed by atoms with Gasteiger partial charge < -0.3 is 10.2 Å². The van der Waals surface area contributed by atoms with Gasteiger partial charge in [-0.2, -0.15) is 0 Å². The Morgan fingerprint density at radius 2 is 2.39 bits per heavy atom. The molecule has 5 nitrogen and oxygen atoms in total. The second-order valence-electron chi connectivity index (χ2n) is 4.76. The van der Waals surface area contributed by atoms with E-state index in [9.17, 15) is 10.1 Å². The third-order valence-electron chi connectivity index (χ3n) is 3.43. The fraction of sp³-hybridized carbons (Fsp3) is 0.667. The van der Waals surface area contributed by atoms with Crippen molar-refractivity contribution in [2.24, 2.45) is 0 Å². The number of nitrogens with zero attached hydrogens (tertiary/aromatic N) is 2. The highest BCUT2D eigenvalue weighted by molar-refractivity contribution is 7.15. The molecule has 0 aromatic carbocycles. The first-order chi connectivity index (χ1) is 8.66. The predicted octanol–water partition coefficient (Wildman–Crippen LogP) is 2.23. The zero-order chi connectivity index (χ0) is 13.0. The average Bonchev–Trinajstić information content (AvgIpc) is 2.80. The molecule has 0 saturated carbocycles. The molecule has 1 aliphatic heterocycles. The van der Waals surface area contributed by atoms with Crippen LogP contribution >= 0.6 is 11.3 Å². The number of nitrogens with one attached hydrogen (secondary N) is 1. The largest absolute Gasteiger partial charge is 0.324 e. The SMILES string of the molecule is CN1CCCCC1CNCc1ccc([N+](=O)[O-])s1. The second-order valence-corrected chi connectivity index (χ2v) is 5.90. The smallest absolute Gasteiger partial charge is 0.310 e. The number of likely N-dealkylation sites (N-methyl/N-ethyl adjacent to an activating group) is 1. The summed E-state index contributed by atoms with van der Waals surface area (Å²) in [5, 5.41) is 14.2. The topological polar surface area (TPSA) is 58.4 Å². The zero-order valence-corrected chi connectivity index (χ0v) is 11.4. The van der Waals surface area contributed by atoms with Gasteiger partial charge >= 0.3 is 5.00 Å². The van der Waals surface area contributed by atoms with E-state index in [0.29, 0.717) is 6.04 Å². The van der Waals surface area contributed by atoms with Crippen LogP contribution in [0.15, 0.2) is 12.1 Å². The normalized spacial score (nSPS) is 21.1. The predicted molar refractivity (Wildman–Crippen MR) is 72.9 cm³/mol. The van der Waals surface area contributed by atoms with Crippen molar-refractivity contribution < 1.29 is 4.92 Å². The lowest BCUT2D eigenvalue weighted by Crippen LogP contribution is -2.42. The van der Waals surface area contributed by atoms with Gasteiger partial charge in [0, 0.05) is 30.1 Å². The molecule has 2 heterocycles. The summed E-state index contributed by atoms with van der Waals surface area (Å²) in [6.07, 6.45) is 3.85. The van der Waals surface area contributed by atoms with Crippen LogP contribution < -0.4 is 5.32 Å². The van der Waals surface area contributed by atoms with Crippen molar-refractivity contribution in [2.45, 2.75) is 31.8 Å². The van der Waals surface area contributed by atoms with Gasteiger partial charge in [0.05, 0.1) is 4.92 Å². The molecule has 0 spiro atoms. The average molecular weight is 269 g/mol. The van der Waals surface area contributed by atoms with Crippen molar-refractivity contribution in [1.29, 1.82) is 0 Å². The molecule has 100 valence electrons. The number of nitro groups is 1. The minimum Gasteiger partial charge on any atom is -0.310 e. The summed E-state index contributed by atoms with van der Waals surface area (Å²) in [4.78, 5) is 13.7. The highest BCUT2D eigenvalue weighted by Gasteiger charge is 2.18. The standard InChI is InChI=1S/C12H19N3O2S/c1-14-7-3-2-4-10(14)8-13-9-11-5-6-12(18-11)15(16)17/h5-6,10,13H,2-4,7-9H2,1H3. The van der Waals surface area contributed by atoms with E-state index in [-0.39, 0.29) is 9.92 Å². The Kier molecular flexibility index (Phi) is 4.68. The van der Waals surface area contributed by atoms with E-state index in [2.05, 4.69) is 17.3 Å². The van der Waals surface area contributed by atoms with Gasteiger partial charge in [0.2, 0.25) is 0 Å². The summed E-state index contributed by atoms with van der Waals surface area (Å²) in [5.74, 6) is 0. The molecule has 1 atom stereocenters. The Morgan fingerprint density at radius 3 is 3.06 bits per heavy atom. The Labute approximate surface area is 111 Å². The van der Waals surface area contributed by atoms with Crippen LogP contribution in [-0.2, 0) is 6.54 Å². The molecule has 6 heteroatoms. The van der Waals surface area contributed by atoms with Crippen LogP contribution in [0.25, 0.3) is 0 Å². The highest BCUT2D eigenvalue weighted by atomic mass is 32.1. The van der Waals surface area contributed by atoms with Gasteiger partial charge in [-0.15, -0.1) is 0 Å². The molecule has 0 bridgehead atoms. The van der Waals surface area contributed by atoms with Crippen molar-refractivity contribution in [2.75, 3.05) is 20.1 Å². The number of hydrogen-bond donors (Lipinski definition) is 1. The summed E-state index contributed by atoms with van der Waals surface area (Å²) >= 11 is 1.25. The van der Waals surface area contributed by atoms with Gasteiger partial charge in [-0.25, -0.2) is 0 Å². The van der Waals surface area contributed by atoms with Gasteiger partial charge in [0.25, 0.3) is 0 Å². The third kappa shape index (κ3) is 3.51. The molecule has 1 aromatic heterocycles. The molecule has 0 amide bonds. The highest BCUT2D eigenvalue weighted by Crippen LogP contribution is 2.23. The monoisotopic (exact) mass is 269 g/mol. The Balaban J connectivity index is 1.75. The van der Waals surface area contributed by atoms with Crippen molar-refractivity contribution in [3.8, 4) is 0 Å². The molecule has 1 aromatic rings. The van der Waals surface area contributed by atoms with Crippen LogP contribution in [-0.4, -0.2) is 36.0 Å². The maximum atomic E-state index is 10.6. The number of piperidine rings is 1. The van der Waals surface area contributed by atoms with Crippen LogP contribution in [0.2, 0.25) is 0 Å². The fourth-order valence-corrected chi connectivity index (χ4v) is 3.11. The van der Waals surface area contributed by atoms with Crippen molar-refractivity contribution in [3.63, 3.8) is 0 Å². The molecule has 1 aliphatic rings. The summed E-state index contributed by atoms with van der Waals surface area (Å²) in [5.41, 5.74) is 0. The fourth-order valence-electron chi connectivity index (χ4n) is 2.32. The van der Waals surface area contributed by atoms with Gasteiger partial charge in [0.1, 0.15) is 0 Å². The molecule has 0 radical (unpaired) electrons. The van der Waals surface area contributed by atoms with Crippen LogP contribution in [0.3, 0.4) is 0 Å². The van der Waals surface area contributed by atoms with Gasteiger partial charge in [-0.3, -0.25) is 10.1 Å². The molecule has 18 heavy (non-hydrogen) atoms. The number of thiophene rings is 1. The maximum absolute atomic E-state index is 10.6. The van der Waals surface area contributed by atoms with Gasteiger partial charge in [0.15, 0.2) is 0 Å². The van der Waals surface area contributed by atoms with Gasteiger partial charge in [-0.05, 0) is 32.5 Å². The maximum Gasteiger partial charge on any atom is 0.324 e. The Hall–Kier alpha value is -0.980. The molecular weight excluding hydrogens is 250 g/mol. The van der Waals surface area contributed by atoms with E-state index in [1.54, 1.807) is 6.07 Å².